The molecule has 110 valence electrons. The van der Waals surface area contributed by atoms with E-state index in [0.29, 0.717) is 18.1 Å². The minimum absolute atomic E-state index is 0.395. The fourth-order valence-electron chi connectivity index (χ4n) is 5.61. The van der Waals surface area contributed by atoms with E-state index in [1.54, 1.807) is 0 Å². The Morgan fingerprint density at radius 1 is 0.950 bits per heavy atom. The molecule has 0 spiro atoms. The van der Waals surface area contributed by atoms with Crippen molar-refractivity contribution < 1.29 is 4.74 Å². The highest BCUT2D eigenvalue weighted by molar-refractivity contribution is 5.18. The lowest BCUT2D eigenvalue weighted by molar-refractivity contribution is -0.0184. The van der Waals surface area contributed by atoms with E-state index in [1.807, 2.05) is 0 Å². The molecule has 2 heteroatoms. The second kappa shape index (κ2) is 5.35. The van der Waals surface area contributed by atoms with Crippen LogP contribution in [0.15, 0.2) is 0 Å². The van der Waals surface area contributed by atoms with Crippen LogP contribution < -0.4 is 5.32 Å². The van der Waals surface area contributed by atoms with Gasteiger partial charge in [-0.1, -0.05) is 11.8 Å². The minimum atomic E-state index is 0.395. The molecule has 4 aliphatic carbocycles. The van der Waals surface area contributed by atoms with E-state index in [9.17, 15) is 0 Å². The Balaban J connectivity index is 1.33. The van der Waals surface area contributed by atoms with Crippen LogP contribution in [-0.2, 0) is 4.74 Å². The third-order valence-electron chi connectivity index (χ3n) is 6.07. The molecule has 0 atom stereocenters. The van der Waals surface area contributed by atoms with Crippen molar-refractivity contribution >= 4 is 0 Å². The number of rotatable bonds is 2. The van der Waals surface area contributed by atoms with Crippen LogP contribution in [-0.4, -0.2) is 25.8 Å². The highest BCUT2D eigenvalue weighted by Gasteiger charge is 2.50. The molecule has 5 aliphatic rings. The Morgan fingerprint density at radius 3 is 2.15 bits per heavy atom. The summed E-state index contributed by atoms with van der Waals surface area (Å²) >= 11 is 0. The van der Waals surface area contributed by atoms with Crippen molar-refractivity contribution in [1.82, 2.24) is 5.32 Å². The number of hydrogen-bond donors (Lipinski definition) is 1. The van der Waals surface area contributed by atoms with Crippen molar-refractivity contribution in [1.29, 1.82) is 0 Å². The molecule has 1 N–H and O–H groups in total. The molecule has 1 heterocycles. The van der Waals surface area contributed by atoms with E-state index in [2.05, 4.69) is 17.2 Å². The Kier molecular flexibility index (Phi) is 3.52. The van der Waals surface area contributed by atoms with Gasteiger partial charge < -0.3 is 10.1 Å². The number of piperidine rings is 1. The van der Waals surface area contributed by atoms with E-state index in [1.165, 1.54) is 38.5 Å². The van der Waals surface area contributed by atoms with Gasteiger partial charge in [0, 0.05) is 5.41 Å². The zero-order valence-corrected chi connectivity index (χ0v) is 12.5. The molecule has 0 amide bonds. The summed E-state index contributed by atoms with van der Waals surface area (Å²) in [6, 6.07) is 0. The van der Waals surface area contributed by atoms with Crippen LogP contribution in [0.25, 0.3) is 0 Å². The van der Waals surface area contributed by atoms with Crippen molar-refractivity contribution in [3.63, 3.8) is 0 Å². The van der Waals surface area contributed by atoms with Crippen LogP contribution in [0.3, 0.4) is 0 Å². The van der Waals surface area contributed by atoms with Crippen LogP contribution >= 0.6 is 0 Å². The molecule has 2 nitrogen and oxygen atoms in total. The summed E-state index contributed by atoms with van der Waals surface area (Å²) in [5.74, 6) is 10.1. The Bertz CT molecular complexity index is 378. The SMILES string of the molecule is C(#CC12CC3CC(CC(C3)C1)C2)COC1CCNCC1. The van der Waals surface area contributed by atoms with Crippen LogP contribution in [0.4, 0.5) is 0 Å². The summed E-state index contributed by atoms with van der Waals surface area (Å²) < 4.78 is 5.93. The summed E-state index contributed by atoms with van der Waals surface area (Å²) in [5, 5.41) is 3.38. The fraction of sp³-hybridized carbons (Fsp3) is 0.889. The molecule has 20 heavy (non-hydrogen) atoms. The average molecular weight is 273 g/mol. The Morgan fingerprint density at radius 2 is 1.55 bits per heavy atom. The first-order valence-corrected chi connectivity index (χ1v) is 8.64. The second-order valence-corrected chi connectivity index (χ2v) is 7.76. The first-order chi connectivity index (χ1) is 9.81. The van der Waals surface area contributed by atoms with E-state index in [4.69, 9.17) is 4.74 Å². The predicted molar refractivity (Wildman–Crippen MR) is 80.2 cm³/mol. The van der Waals surface area contributed by atoms with E-state index in [-0.39, 0.29) is 0 Å². The summed E-state index contributed by atoms with van der Waals surface area (Å²) in [5.41, 5.74) is 0.395. The first-order valence-electron chi connectivity index (χ1n) is 8.64. The third kappa shape index (κ3) is 2.63. The van der Waals surface area contributed by atoms with Crippen LogP contribution in [0.5, 0.6) is 0 Å². The van der Waals surface area contributed by atoms with Gasteiger partial charge in [-0.2, -0.15) is 0 Å². The average Bonchev–Trinajstić information content (AvgIpc) is 2.43. The molecule has 0 radical (unpaired) electrons. The minimum Gasteiger partial charge on any atom is -0.365 e. The first kappa shape index (κ1) is 13.2. The van der Waals surface area contributed by atoms with Gasteiger partial charge in [0.05, 0.1) is 6.10 Å². The van der Waals surface area contributed by atoms with E-state index >= 15 is 0 Å². The monoisotopic (exact) mass is 273 g/mol. The summed E-state index contributed by atoms with van der Waals surface area (Å²) in [6.07, 6.45) is 11.4. The highest BCUT2D eigenvalue weighted by atomic mass is 16.5. The molecular weight excluding hydrogens is 246 g/mol. The molecule has 0 aromatic carbocycles. The van der Waals surface area contributed by atoms with Gasteiger partial charge in [0.2, 0.25) is 0 Å². The second-order valence-electron chi connectivity index (χ2n) is 7.76. The lowest BCUT2D eigenvalue weighted by Crippen LogP contribution is -2.45. The van der Waals surface area contributed by atoms with Crippen molar-refractivity contribution in [2.45, 2.75) is 57.5 Å². The van der Waals surface area contributed by atoms with Gasteiger partial charge in [-0.05, 0) is 82.2 Å². The van der Waals surface area contributed by atoms with Gasteiger partial charge in [0.15, 0.2) is 0 Å². The number of ether oxygens (including phenoxy) is 1. The molecule has 5 fully saturated rings. The summed E-state index contributed by atoms with van der Waals surface area (Å²) in [7, 11) is 0. The van der Waals surface area contributed by atoms with Gasteiger partial charge in [-0.25, -0.2) is 0 Å². The van der Waals surface area contributed by atoms with Crippen LogP contribution in [0, 0.1) is 35.0 Å². The number of hydrogen-bond acceptors (Lipinski definition) is 2. The third-order valence-corrected chi connectivity index (χ3v) is 6.07. The Labute approximate surface area is 123 Å². The van der Waals surface area contributed by atoms with Crippen molar-refractivity contribution in [3.8, 4) is 11.8 Å². The quantitative estimate of drug-likeness (QED) is 0.781. The normalized spacial score (nSPS) is 43.3. The van der Waals surface area contributed by atoms with Crippen molar-refractivity contribution in [2.24, 2.45) is 23.2 Å². The molecule has 1 saturated heterocycles. The summed E-state index contributed by atoms with van der Waals surface area (Å²) in [4.78, 5) is 0. The maximum Gasteiger partial charge on any atom is 0.108 e. The molecule has 0 aromatic heterocycles. The van der Waals surface area contributed by atoms with Gasteiger partial charge >= 0.3 is 0 Å². The topological polar surface area (TPSA) is 21.3 Å². The summed E-state index contributed by atoms with van der Waals surface area (Å²) in [6.45, 7) is 2.87. The smallest absolute Gasteiger partial charge is 0.108 e. The number of nitrogens with one attached hydrogen (secondary N) is 1. The molecule has 0 aromatic rings. The maximum absolute atomic E-state index is 5.93. The predicted octanol–water partition coefficient (Wildman–Crippen LogP) is 2.97. The van der Waals surface area contributed by atoms with Crippen molar-refractivity contribution in [3.05, 3.63) is 0 Å². The zero-order valence-electron chi connectivity index (χ0n) is 12.5. The molecule has 4 saturated carbocycles. The molecule has 0 unspecified atom stereocenters. The highest BCUT2D eigenvalue weighted by Crippen LogP contribution is 2.59. The molecule has 4 bridgehead atoms. The lowest BCUT2D eigenvalue weighted by atomic mass is 9.50. The van der Waals surface area contributed by atoms with Gasteiger partial charge in [0.25, 0.3) is 0 Å². The van der Waals surface area contributed by atoms with Crippen LogP contribution in [0.2, 0.25) is 0 Å². The molecule has 1 aliphatic heterocycles. The van der Waals surface area contributed by atoms with E-state index < -0.39 is 0 Å². The van der Waals surface area contributed by atoms with Crippen LogP contribution in [0.1, 0.15) is 51.4 Å². The van der Waals surface area contributed by atoms with E-state index in [0.717, 1.165) is 43.7 Å². The molecular formula is C18H27NO. The zero-order chi connectivity index (χ0) is 13.4. The Hall–Kier alpha value is -0.520. The van der Waals surface area contributed by atoms with Gasteiger partial charge in [-0.3, -0.25) is 0 Å². The fourth-order valence-corrected chi connectivity index (χ4v) is 5.61. The maximum atomic E-state index is 5.93. The van der Waals surface area contributed by atoms with Gasteiger partial charge in [-0.15, -0.1) is 0 Å². The van der Waals surface area contributed by atoms with Gasteiger partial charge in [0.1, 0.15) is 6.61 Å². The lowest BCUT2D eigenvalue weighted by Gasteiger charge is -2.54. The van der Waals surface area contributed by atoms with Crippen molar-refractivity contribution in [2.75, 3.05) is 19.7 Å². The molecule has 5 rings (SSSR count). The largest absolute Gasteiger partial charge is 0.365 e. The standard InChI is InChI=1S/C18H27NO/c1(7-20-17-2-5-19-6-3-17)4-18-11-14-8-15(12-18)10-16(9-14)13-18/h14-17,19H,2-3,5-13H2.